The summed E-state index contributed by atoms with van der Waals surface area (Å²) >= 11 is 0. The molecule has 0 atom stereocenters. The van der Waals surface area contributed by atoms with Crippen LogP contribution in [0.1, 0.15) is 83.5 Å². The molecule has 1 aromatic carbocycles. The number of likely N-dealkylation sites (tertiary alicyclic amines) is 1. The van der Waals surface area contributed by atoms with Gasteiger partial charge in [0.15, 0.2) is 0 Å². The van der Waals surface area contributed by atoms with Gasteiger partial charge in [0.25, 0.3) is 0 Å². The smallest absolute Gasteiger partial charge is 0.328 e. The van der Waals surface area contributed by atoms with E-state index >= 15 is 0 Å². The van der Waals surface area contributed by atoms with Gasteiger partial charge in [-0.3, -0.25) is 0 Å². The molecule has 0 unspecified atom stereocenters. The van der Waals surface area contributed by atoms with E-state index in [1.165, 1.54) is 109 Å². The summed E-state index contributed by atoms with van der Waals surface area (Å²) in [6, 6.07) is 12.1. The average Bonchev–Trinajstić information content (AvgIpc) is 3.25. The number of rotatable bonds is 4. The van der Waals surface area contributed by atoms with Crippen LogP contribution in [0.5, 0.6) is 0 Å². The fourth-order valence-electron chi connectivity index (χ4n) is 6.07. The van der Waals surface area contributed by atoms with Crippen LogP contribution in [0.4, 0.5) is 5.69 Å². The Hall–Kier alpha value is -2.34. The number of aliphatic carboxylic acids is 2. The number of anilines is 1. The van der Waals surface area contributed by atoms with Crippen LogP contribution in [0.2, 0.25) is 0 Å². The molecule has 4 rings (SSSR count). The van der Waals surface area contributed by atoms with Gasteiger partial charge in [0, 0.05) is 49.1 Å². The van der Waals surface area contributed by atoms with Crippen LogP contribution in [0, 0.1) is 0 Å². The van der Waals surface area contributed by atoms with Crippen LogP contribution in [0.15, 0.2) is 42.5 Å². The number of piperidine rings is 1. The summed E-state index contributed by atoms with van der Waals surface area (Å²) in [5.74, 6) is -2.51. The number of hydrogen-bond acceptors (Lipinski definition) is 4. The minimum absolute atomic E-state index is 0.452. The molecule has 1 saturated carbocycles. The van der Waals surface area contributed by atoms with Gasteiger partial charge in [-0.15, -0.1) is 0 Å². The molecule has 0 aromatic heterocycles. The Labute approximate surface area is 204 Å². The SMILES string of the molecule is O=C(O)/C=C/C(=O)O.c1ccc(N2CCCC23CCN(C2CCCCCCCCC2)CC3)cc1. The van der Waals surface area contributed by atoms with E-state index in [-0.39, 0.29) is 0 Å². The molecule has 34 heavy (non-hydrogen) atoms. The third kappa shape index (κ3) is 7.86. The van der Waals surface area contributed by atoms with Crippen molar-refractivity contribution < 1.29 is 19.8 Å². The zero-order chi connectivity index (χ0) is 24.2. The van der Waals surface area contributed by atoms with Crippen LogP contribution >= 0.6 is 0 Å². The van der Waals surface area contributed by atoms with Gasteiger partial charge in [-0.1, -0.05) is 63.1 Å². The van der Waals surface area contributed by atoms with E-state index in [0.29, 0.717) is 17.7 Å². The van der Waals surface area contributed by atoms with Crippen LogP contribution in [0.25, 0.3) is 0 Å². The summed E-state index contributed by atoms with van der Waals surface area (Å²) in [5.41, 5.74) is 1.91. The fraction of sp³-hybridized carbons (Fsp3) is 0.643. The highest BCUT2D eigenvalue weighted by atomic mass is 16.4. The van der Waals surface area contributed by atoms with Crippen molar-refractivity contribution in [3.05, 3.63) is 42.5 Å². The van der Waals surface area contributed by atoms with E-state index in [2.05, 4.69) is 40.1 Å². The van der Waals surface area contributed by atoms with Gasteiger partial charge >= 0.3 is 11.9 Å². The third-order valence-corrected chi connectivity index (χ3v) is 7.85. The number of nitrogens with zero attached hydrogens (tertiary/aromatic N) is 2. The molecular formula is C28H42N2O4. The molecule has 0 bridgehead atoms. The molecule has 2 saturated heterocycles. The van der Waals surface area contributed by atoms with Crippen LogP contribution in [-0.2, 0) is 9.59 Å². The number of carbonyl (C=O) groups is 2. The molecule has 1 aromatic rings. The molecule has 6 heteroatoms. The summed E-state index contributed by atoms with van der Waals surface area (Å²) < 4.78 is 0. The molecule has 3 fully saturated rings. The lowest BCUT2D eigenvalue weighted by Gasteiger charge is -2.48. The molecule has 1 spiro atoms. The maximum absolute atomic E-state index is 9.55. The zero-order valence-electron chi connectivity index (χ0n) is 20.5. The molecule has 188 valence electrons. The van der Waals surface area contributed by atoms with Crippen LogP contribution < -0.4 is 4.90 Å². The van der Waals surface area contributed by atoms with Crippen molar-refractivity contribution in [2.24, 2.45) is 0 Å². The summed E-state index contributed by atoms with van der Waals surface area (Å²) in [4.78, 5) is 24.8. The number of carboxylic acid groups (broad SMARTS) is 2. The topological polar surface area (TPSA) is 81.1 Å². The molecule has 0 amide bonds. The molecule has 2 heterocycles. The summed E-state index contributed by atoms with van der Waals surface area (Å²) in [6.45, 7) is 3.91. The van der Waals surface area contributed by atoms with Crippen molar-refractivity contribution >= 4 is 17.6 Å². The Balaban J connectivity index is 0.000000350. The maximum atomic E-state index is 9.55. The van der Waals surface area contributed by atoms with E-state index in [0.717, 1.165) is 6.04 Å². The van der Waals surface area contributed by atoms with E-state index in [1.54, 1.807) is 0 Å². The minimum Gasteiger partial charge on any atom is -0.478 e. The Morgan fingerprint density at radius 1 is 0.735 bits per heavy atom. The molecule has 0 radical (unpaired) electrons. The Morgan fingerprint density at radius 3 is 1.79 bits per heavy atom. The molecule has 6 nitrogen and oxygen atoms in total. The minimum atomic E-state index is -1.26. The lowest BCUT2D eigenvalue weighted by molar-refractivity contribution is -0.134. The second-order valence-corrected chi connectivity index (χ2v) is 10.1. The van der Waals surface area contributed by atoms with Crippen molar-refractivity contribution in [1.29, 1.82) is 0 Å². The van der Waals surface area contributed by atoms with Gasteiger partial charge < -0.3 is 20.0 Å². The van der Waals surface area contributed by atoms with Gasteiger partial charge in [-0.25, -0.2) is 9.59 Å². The summed E-state index contributed by atoms with van der Waals surface area (Å²) in [6.07, 6.45) is 19.8. The average molecular weight is 471 g/mol. The largest absolute Gasteiger partial charge is 0.478 e. The number of para-hydroxylation sites is 1. The van der Waals surface area contributed by atoms with Gasteiger partial charge in [0.05, 0.1) is 0 Å². The summed E-state index contributed by atoms with van der Waals surface area (Å²) in [5, 5.41) is 15.6. The maximum Gasteiger partial charge on any atom is 0.328 e. The second-order valence-electron chi connectivity index (χ2n) is 10.1. The predicted octanol–water partition coefficient (Wildman–Crippen LogP) is 5.73. The quantitative estimate of drug-likeness (QED) is 0.547. The van der Waals surface area contributed by atoms with Crippen molar-refractivity contribution in [1.82, 2.24) is 4.90 Å². The lowest BCUT2D eigenvalue weighted by Crippen LogP contribution is -2.54. The van der Waals surface area contributed by atoms with Gasteiger partial charge in [-0.05, 0) is 50.7 Å². The first-order valence-electron chi connectivity index (χ1n) is 13.2. The predicted molar refractivity (Wildman–Crippen MR) is 136 cm³/mol. The van der Waals surface area contributed by atoms with E-state index in [4.69, 9.17) is 10.2 Å². The molecule has 2 aliphatic heterocycles. The number of carboxylic acids is 2. The molecule has 1 aliphatic carbocycles. The first kappa shape index (κ1) is 26.3. The second kappa shape index (κ2) is 13.5. The molecule has 3 aliphatic rings. The standard InChI is InChI=1S/C24H38N2.C4H4O4/c1-2-4-7-12-22(13-8-5-3-1)25-20-17-24(18-21-25)16-11-19-26(24)23-14-9-6-10-15-23;5-3(6)1-2-4(7)8/h6,9-10,14-15,22H,1-5,7-8,11-13,16-21H2;1-2H,(H,5,6)(H,7,8)/b;2-1+. The van der Waals surface area contributed by atoms with Crippen molar-refractivity contribution in [2.45, 2.75) is 95.1 Å². The third-order valence-electron chi connectivity index (χ3n) is 7.85. The lowest BCUT2D eigenvalue weighted by atomic mass is 9.83. The number of benzene rings is 1. The number of hydrogen-bond donors (Lipinski definition) is 2. The first-order chi connectivity index (χ1) is 16.5. The Morgan fingerprint density at radius 2 is 1.26 bits per heavy atom. The highest BCUT2D eigenvalue weighted by Crippen LogP contribution is 2.42. The monoisotopic (exact) mass is 470 g/mol. The molecular weight excluding hydrogens is 428 g/mol. The fourth-order valence-corrected chi connectivity index (χ4v) is 6.07. The normalized spacial score (nSPS) is 22.3. The van der Waals surface area contributed by atoms with E-state index in [1.807, 2.05) is 0 Å². The van der Waals surface area contributed by atoms with Crippen LogP contribution in [-0.4, -0.2) is 58.3 Å². The highest BCUT2D eigenvalue weighted by Gasteiger charge is 2.43. The zero-order valence-corrected chi connectivity index (χ0v) is 20.5. The highest BCUT2D eigenvalue weighted by molar-refractivity contribution is 5.89. The van der Waals surface area contributed by atoms with Gasteiger partial charge in [0.2, 0.25) is 0 Å². The van der Waals surface area contributed by atoms with Gasteiger partial charge in [-0.2, -0.15) is 0 Å². The van der Waals surface area contributed by atoms with Crippen molar-refractivity contribution in [3.63, 3.8) is 0 Å². The van der Waals surface area contributed by atoms with Crippen molar-refractivity contribution in [3.8, 4) is 0 Å². The van der Waals surface area contributed by atoms with Crippen molar-refractivity contribution in [2.75, 3.05) is 24.5 Å². The Bertz CT molecular complexity index is 761. The molecule has 2 N–H and O–H groups in total. The Kier molecular flexibility index (Phi) is 10.4. The summed E-state index contributed by atoms with van der Waals surface area (Å²) in [7, 11) is 0. The van der Waals surface area contributed by atoms with Crippen LogP contribution in [0.3, 0.4) is 0 Å². The first-order valence-corrected chi connectivity index (χ1v) is 13.2. The van der Waals surface area contributed by atoms with Gasteiger partial charge in [0.1, 0.15) is 0 Å². The van der Waals surface area contributed by atoms with E-state index in [9.17, 15) is 9.59 Å². The van der Waals surface area contributed by atoms with E-state index < -0.39 is 11.9 Å².